The fourth-order valence-corrected chi connectivity index (χ4v) is 7.58. The third kappa shape index (κ3) is 4.35. The van der Waals surface area contributed by atoms with Gasteiger partial charge in [0.25, 0.3) is 0 Å². The Labute approximate surface area is 211 Å². The third-order valence-corrected chi connectivity index (χ3v) is 9.08. The van der Waals surface area contributed by atoms with Crippen LogP contribution in [0.3, 0.4) is 0 Å². The fourth-order valence-electron chi connectivity index (χ4n) is 7.58. The lowest BCUT2D eigenvalue weighted by Crippen LogP contribution is -2.59. The highest BCUT2D eigenvalue weighted by Crippen LogP contribution is 2.63. The van der Waals surface area contributed by atoms with Gasteiger partial charge in [-0.2, -0.15) is 9.78 Å². The van der Waals surface area contributed by atoms with Gasteiger partial charge in [-0.1, -0.05) is 12.1 Å². The summed E-state index contributed by atoms with van der Waals surface area (Å²) in [7, 11) is 1.59. The molecule has 36 heavy (non-hydrogen) atoms. The van der Waals surface area contributed by atoms with Crippen molar-refractivity contribution in [1.29, 1.82) is 0 Å². The van der Waals surface area contributed by atoms with E-state index >= 15 is 0 Å². The van der Waals surface area contributed by atoms with Gasteiger partial charge < -0.3 is 25.3 Å². The van der Waals surface area contributed by atoms with Gasteiger partial charge in [-0.25, -0.2) is 4.79 Å². The van der Waals surface area contributed by atoms with Crippen molar-refractivity contribution in [2.75, 3.05) is 7.11 Å². The molecule has 1 aliphatic heterocycles. The average Bonchev–Trinajstić information content (AvgIpc) is 3.21. The van der Waals surface area contributed by atoms with Gasteiger partial charge in [0.15, 0.2) is 0 Å². The van der Waals surface area contributed by atoms with Crippen molar-refractivity contribution in [2.24, 2.45) is 29.4 Å². The number of rotatable bonds is 6. The number of carbonyl (C=O) groups excluding carboxylic acids is 2. The summed E-state index contributed by atoms with van der Waals surface area (Å²) in [6, 6.07) is 6.38. The summed E-state index contributed by atoms with van der Waals surface area (Å²) in [4.78, 5) is 36.8. The number of benzene rings is 1. The molecule has 2 unspecified atom stereocenters. The van der Waals surface area contributed by atoms with Gasteiger partial charge >= 0.3 is 6.09 Å². The van der Waals surface area contributed by atoms with Crippen molar-refractivity contribution in [3.63, 3.8) is 0 Å². The second kappa shape index (κ2) is 9.19. The summed E-state index contributed by atoms with van der Waals surface area (Å²) in [5, 5.41) is 2.64. The molecule has 1 saturated heterocycles. The number of nitrogens with one attached hydrogen (secondary N) is 1. The number of ether oxygens (including phenoxy) is 3. The van der Waals surface area contributed by atoms with E-state index in [0.29, 0.717) is 36.8 Å². The van der Waals surface area contributed by atoms with Crippen molar-refractivity contribution in [3.05, 3.63) is 29.8 Å². The molecule has 1 aromatic rings. The van der Waals surface area contributed by atoms with Crippen molar-refractivity contribution in [1.82, 2.24) is 5.32 Å². The normalized spacial score (nSPS) is 39.3. The van der Waals surface area contributed by atoms with Gasteiger partial charge in [0, 0.05) is 31.1 Å². The molecular weight excluding hydrogens is 464 g/mol. The summed E-state index contributed by atoms with van der Waals surface area (Å²) >= 11 is 0. The molecule has 6 aliphatic rings. The van der Waals surface area contributed by atoms with Crippen LogP contribution in [-0.4, -0.2) is 42.8 Å². The molecule has 7 rings (SSSR count). The molecule has 3 atom stereocenters. The van der Waals surface area contributed by atoms with E-state index in [1.807, 2.05) is 12.1 Å². The predicted molar refractivity (Wildman–Crippen MR) is 127 cm³/mol. The number of primary amides is 1. The number of alkyl carbamates (subject to hydrolysis) is 1. The molecule has 196 valence electrons. The van der Waals surface area contributed by atoms with Crippen LogP contribution in [0.25, 0.3) is 0 Å². The van der Waals surface area contributed by atoms with Gasteiger partial charge in [-0.3, -0.25) is 4.79 Å². The van der Waals surface area contributed by atoms with Crippen molar-refractivity contribution in [3.8, 4) is 5.75 Å². The number of hydrogen-bond donors (Lipinski definition) is 2. The van der Waals surface area contributed by atoms with Crippen LogP contribution in [0.1, 0.15) is 63.4 Å². The predicted octanol–water partition coefficient (Wildman–Crippen LogP) is 3.59. The minimum Gasteiger partial charge on any atom is -0.497 e. The highest BCUT2D eigenvalue weighted by atomic mass is 17.3. The minimum absolute atomic E-state index is 0.260. The first-order valence-electron chi connectivity index (χ1n) is 13.3. The molecule has 1 heterocycles. The maximum atomic E-state index is 12.7. The Morgan fingerprint density at radius 1 is 1.08 bits per heavy atom. The molecule has 6 fully saturated rings. The molecule has 0 aromatic heterocycles. The van der Waals surface area contributed by atoms with Crippen LogP contribution in [-0.2, 0) is 30.5 Å². The molecule has 0 radical (unpaired) electrons. The first-order valence-corrected chi connectivity index (χ1v) is 13.3. The van der Waals surface area contributed by atoms with Crippen LogP contribution < -0.4 is 15.8 Å². The van der Waals surface area contributed by atoms with Gasteiger partial charge in [-0.15, -0.1) is 0 Å². The monoisotopic (exact) mass is 500 g/mol. The van der Waals surface area contributed by atoms with Crippen LogP contribution in [0.15, 0.2) is 24.3 Å². The van der Waals surface area contributed by atoms with Gasteiger partial charge in [-0.05, 0) is 74.5 Å². The van der Waals surface area contributed by atoms with Gasteiger partial charge in [0.2, 0.25) is 17.5 Å². The third-order valence-electron chi connectivity index (χ3n) is 9.08. The van der Waals surface area contributed by atoms with E-state index in [-0.39, 0.29) is 6.42 Å². The van der Waals surface area contributed by atoms with E-state index in [1.54, 1.807) is 19.2 Å². The number of carbonyl (C=O) groups is 2. The molecule has 1 aromatic carbocycles. The number of hydrogen-bond acceptors (Lipinski definition) is 7. The molecule has 9 heteroatoms. The lowest BCUT2D eigenvalue weighted by molar-refractivity contribution is -0.390. The zero-order valence-electron chi connectivity index (χ0n) is 20.8. The van der Waals surface area contributed by atoms with Crippen LogP contribution in [0, 0.1) is 23.7 Å². The fraction of sp³-hybridized carbons (Fsp3) is 0.704. The van der Waals surface area contributed by atoms with Crippen LogP contribution in [0.4, 0.5) is 4.79 Å². The first kappa shape index (κ1) is 24.0. The summed E-state index contributed by atoms with van der Waals surface area (Å²) in [6.07, 6.45) is 7.76. The summed E-state index contributed by atoms with van der Waals surface area (Å²) in [5.74, 6) is 0.913. The SMILES string of the molecule is COc1ccc(C[C@H](NC(=O)OC2CCCC3(C2)OOC2(O3)C3CC4CC(C3)CC2C4)C(N)=O)cc1. The molecule has 4 bridgehead atoms. The molecule has 2 amide bonds. The quantitative estimate of drug-likeness (QED) is 0.573. The van der Waals surface area contributed by atoms with Crippen LogP contribution in [0.5, 0.6) is 5.75 Å². The molecule has 5 saturated carbocycles. The average molecular weight is 501 g/mol. The van der Waals surface area contributed by atoms with Crippen molar-refractivity contribution < 1.29 is 33.6 Å². The maximum absolute atomic E-state index is 12.7. The highest BCUT2D eigenvalue weighted by molar-refractivity contribution is 5.84. The van der Waals surface area contributed by atoms with E-state index in [9.17, 15) is 9.59 Å². The Morgan fingerprint density at radius 2 is 1.78 bits per heavy atom. The van der Waals surface area contributed by atoms with Crippen molar-refractivity contribution >= 4 is 12.0 Å². The molecular formula is C27H36N2O7. The molecule has 9 nitrogen and oxygen atoms in total. The van der Waals surface area contributed by atoms with Gasteiger partial charge in [0.1, 0.15) is 17.9 Å². The number of nitrogens with two attached hydrogens (primary N) is 1. The Bertz CT molecular complexity index is 970. The second-order valence-electron chi connectivity index (χ2n) is 11.5. The summed E-state index contributed by atoms with van der Waals surface area (Å²) in [6.45, 7) is 0. The van der Waals surface area contributed by atoms with Crippen molar-refractivity contribution in [2.45, 2.75) is 87.9 Å². The lowest BCUT2D eigenvalue weighted by atomic mass is 9.53. The van der Waals surface area contributed by atoms with E-state index in [0.717, 1.165) is 49.5 Å². The van der Waals surface area contributed by atoms with Gasteiger partial charge in [0.05, 0.1) is 7.11 Å². The summed E-state index contributed by atoms with van der Waals surface area (Å²) in [5.41, 5.74) is 6.41. The summed E-state index contributed by atoms with van der Waals surface area (Å²) < 4.78 is 17.6. The number of amides is 2. The zero-order valence-corrected chi connectivity index (χ0v) is 20.8. The standard InChI is InChI=1S/C27H36N2O7/c1-32-21-6-4-16(5-7-21)14-23(24(28)30)29-25(31)33-22-3-2-8-26(15-22)34-27(36-35-26)19-10-17-9-18(12-19)13-20(27)11-17/h4-7,17-20,22-23H,2-3,8-15H2,1H3,(H2,28,30)(H,29,31)/t17?,18?,19?,20?,22?,23-,26?,27?/m0/s1. The Morgan fingerprint density at radius 3 is 2.42 bits per heavy atom. The van der Waals surface area contributed by atoms with E-state index < -0.39 is 35.7 Å². The van der Waals surface area contributed by atoms with Crippen LogP contribution in [0.2, 0.25) is 0 Å². The smallest absolute Gasteiger partial charge is 0.408 e. The lowest BCUT2D eigenvalue weighted by Gasteiger charge is -2.57. The van der Waals surface area contributed by atoms with Crippen LogP contribution >= 0.6 is 0 Å². The zero-order chi connectivity index (χ0) is 24.9. The maximum Gasteiger partial charge on any atom is 0.408 e. The second-order valence-corrected chi connectivity index (χ2v) is 11.5. The topological polar surface area (TPSA) is 118 Å². The Kier molecular flexibility index (Phi) is 6.13. The molecule has 5 aliphatic carbocycles. The largest absolute Gasteiger partial charge is 0.497 e. The van der Waals surface area contributed by atoms with E-state index in [2.05, 4.69) is 5.32 Å². The minimum atomic E-state index is -0.887. The van der Waals surface area contributed by atoms with E-state index in [1.165, 1.54) is 6.42 Å². The highest BCUT2D eigenvalue weighted by Gasteiger charge is 2.67. The first-order chi connectivity index (χ1) is 17.4. The number of methoxy groups -OCH3 is 1. The molecule has 3 N–H and O–H groups in total. The van der Waals surface area contributed by atoms with E-state index in [4.69, 9.17) is 29.7 Å². The Balaban J connectivity index is 1.06. The Hall–Kier alpha value is -2.36. The molecule has 2 spiro atoms.